The van der Waals surface area contributed by atoms with Crippen LogP contribution in [0.5, 0.6) is 0 Å². The molecule has 0 radical (unpaired) electrons. The van der Waals surface area contributed by atoms with Crippen LogP contribution < -0.4 is 0 Å². The van der Waals surface area contributed by atoms with Crippen LogP contribution >= 0.6 is 0 Å². The molecule has 2 aliphatic heterocycles. The van der Waals surface area contributed by atoms with Crippen molar-refractivity contribution in [2.24, 2.45) is 5.41 Å². The van der Waals surface area contributed by atoms with Gasteiger partial charge in [-0.15, -0.1) is 0 Å². The molecule has 0 bridgehead atoms. The summed E-state index contributed by atoms with van der Waals surface area (Å²) in [5.41, 5.74) is -0.506. The Morgan fingerprint density at radius 1 is 1.11 bits per heavy atom. The predicted molar refractivity (Wildman–Crippen MR) is 120 cm³/mol. The normalized spacial score (nSPS) is 18.9. The van der Waals surface area contributed by atoms with Gasteiger partial charge in [0.25, 0.3) is 17.7 Å². The van der Waals surface area contributed by atoms with Gasteiger partial charge < -0.3 is 19.3 Å². The summed E-state index contributed by atoms with van der Waals surface area (Å²) in [6.07, 6.45) is 1.13. The first-order valence-electron chi connectivity index (χ1n) is 11.5. The van der Waals surface area contributed by atoms with Crippen LogP contribution in [-0.2, 0) is 28.7 Å². The zero-order valence-electron chi connectivity index (χ0n) is 20.6. The third-order valence-electron chi connectivity index (χ3n) is 5.22. The van der Waals surface area contributed by atoms with Crippen molar-refractivity contribution in [2.75, 3.05) is 32.8 Å². The van der Waals surface area contributed by atoms with Crippen molar-refractivity contribution in [1.82, 2.24) is 14.9 Å². The summed E-state index contributed by atoms with van der Waals surface area (Å²) in [6.45, 7) is 7.60. The summed E-state index contributed by atoms with van der Waals surface area (Å²) < 4.78 is 10.3. The molecule has 2 rings (SSSR count). The van der Waals surface area contributed by atoms with Crippen molar-refractivity contribution in [3.8, 4) is 6.07 Å². The summed E-state index contributed by atoms with van der Waals surface area (Å²) >= 11 is 0. The lowest BCUT2D eigenvalue weighted by atomic mass is 9.93. The number of hydrogen-bond donors (Lipinski definition) is 0. The topological polar surface area (TPSA) is 147 Å². The number of hydrogen-bond acceptors (Lipinski definition) is 9. The molecule has 0 aromatic carbocycles. The molecule has 0 saturated carbocycles. The molecule has 4 amide bonds. The standard InChI is InChI=1S/C23H32N4O8/c1-5-6-11-33-21(31)25-9-10-26(20(30)16(13-24)12-23(2,3)4)17(14-25)15-34-22(32)35-27-18(28)7-8-19(27)29/h12,17H,5-11,14-15H2,1-4H3/b16-12+. The van der Waals surface area contributed by atoms with E-state index in [1.807, 2.05) is 33.8 Å². The number of piperazine rings is 1. The fraction of sp³-hybridized carbons (Fsp3) is 0.652. The number of carbonyl (C=O) groups is 5. The van der Waals surface area contributed by atoms with Gasteiger partial charge in [0.15, 0.2) is 0 Å². The summed E-state index contributed by atoms with van der Waals surface area (Å²) in [6, 6.07) is 1.10. The minimum absolute atomic E-state index is 0.0141. The second kappa shape index (κ2) is 12.2. The molecule has 2 aliphatic rings. The summed E-state index contributed by atoms with van der Waals surface area (Å²) in [7, 11) is 0. The van der Waals surface area contributed by atoms with Crippen molar-refractivity contribution in [1.29, 1.82) is 5.26 Å². The van der Waals surface area contributed by atoms with E-state index >= 15 is 0 Å². The van der Waals surface area contributed by atoms with Gasteiger partial charge >= 0.3 is 12.2 Å². The minimum Gasteiger partial charge on any atom is -0.449 e. The molecule has 1 atom stereocenters. The van der Waals surface area contributed by atoms with E-state index in [0.29, 0.717) is 11.5 Å². The minimum atomic E-state index is -1.30. The van der Waals surface area contributed by atoms with Crippen molar-refractivity contribution in [2.45, 2.75) is 59.4 Å². The predicted octanol–water partition coefficient (Wildman–Crippen LogP) is 2.15. The van der Waals surface area contributed by atoms with E-state index < -0.39 is 48.0 Å². The van der Waals surface area contributed by atoms with Crippen LogP contribution in [0.3, 0.4) is 0 Å². The molecule has 2 fully saturated rings. The molecule has 0 N–H and O–H groups in total. The third kappa shape index (κ3) is 7.98. The van der Waals surface area contributed by atoms with Crippen LogP contribution in [0, 0.1) is 16.7 Å². The maximum atomic E-state index is 13.1. The fourth-order valence-electron chi connectivity index (χ4n) is 3.48. The van der Waals surface area contributed by atoms with Gasteiger partial charge in [-0.2, -0.15) is 5.26 Å². The second-order valence-corrected chi connectivity index (χ2v) is 9.34. The van der Waals surface area contributed by atoms with Gasteiger partial charge in [0.1, 0.15) is 18.2 Å². The molecule has 0 aliphatic carbocycles. The van der Waals surface area contributed by atoms with Crippen molar-refractivity contribution in [3.63, 3.8) is 0 Å². The molecule has 192 valence electrons. The fourth-order valence-corrected chi connectivity index (χ4v) is 3.48. The molecule has 12 heteroatoms. The monoisotopic (exact) mass is 492 g/mol. The van der Waals surface area contributed by atoms with E-state index in [1.165, 1.54) is 9.80 Å². The zero-order valence-corrected chi connectivity index (χ0v) is 20.6. The van der Waals surface area contributed by atoms with Crippen LogP contribution in [0.15, 0.2) is 11.6 Å². The van der Waals surface area contributed by atoms with Crippen molar-refractivity contribution < 1.29 is 38.3 Å². The first-order chi connectivity index (χ1) is 16.5. The smallest absolute Gasteiger partial charge is 0.449 e. The number of hydroxylamine groups is 2. The van der Waals surface area contributed by atoms with Gasteiger partial charge in [0, 0.05) is 32.5 Å². The average molecular weight is 493 g/mol. The lowest BCUT2D eigenvalue weighted by molar-refractivity contribution is -0.177. The average Bonchev–Trinajstić information content (AvgIpc) is 3.12. The number of nitriles is 1. The first kappa shape index (κ1) is 27.6. The first-order valence-corrected chi connectivity index (χ1v) is 11.5. The molecule has 0 spiro atoms. The highest BCUT2D eigenvalue weighted by atomic mass is 16.8. The van der Waals surface area contributed by atoms with Crippen LogP contribution in [-0.4, -0.2) is 83.7 Å². The molecule has 2 heterocycles. The molecule has 35 heavy (non-hydrogen) atoms. The molecule has 0 aromatic heterocycles. The molecule has 2 saturated heterocycles. The molecule has 0 aromatic rings. The molecular formula is C23H32N4O8. The van der Waals surface area contributed by atoms with Crippen LogP contribution in [0.25, 0.3) is 0 Å². The Kier molecular flexibility index (Phi) is 9.62. The SMILES string of the molecule is CCCCOC(=O)N1CCN(C(=O)/C(C#N)=C/C(C)(C)C)C(COC(=O)ON2C(=O)CCC2=O)C1. The van der Waals surface area contributed by atoms with Crippen molar-refractivity contribution >= 4 is 30.0 Å². The number of rotatable bonds is 7. The Labute approximate surface area is 204 Å². The number of ether oxygens (including phenoxy) is 2. The highest BCUT2D eigenvalue weighted by Gasteiger charge is 2.37. The number of nitrogens with zero attached hydrogens (tertiary/aromatic N) is 4. The molecule has 12 nitrogen and oxygen atoms in total. The van der Waals surface area contributed by atoms with E-state index in [4.69, 9.17) is 14.3 Å². The Hall–Kier alpha value is -3.62. The summed E-state index contributed by atoms with van der Waals surface area (Å²) in [5, 5.41) is 9.89. The van der Waals surface area contributed by atoms with Gasteiger partial charge in [0.05, 0.1) is 12.6 Å². The Balaban J connectivity index is 2.13. The third-order valence-corrected chi connectivity index (χ3v) is 5.22. The van der Waals surface area contributed by atoms with Gasteiger partial charge in [-0.05, 0) is 11.8 Å². The Morgan fingerprint density at radius 3 is 2.34 bits per heavy atom. The summed E-state index contributed by atoms with van der Waals surface area (Å²) in [4.78, 5) is 68.4. The summed E-state index contributed by atoms with van der Waals surface area (Å²) in [5.74, 6) is -1.88. The van der Waals surface area contributed by atoms with Gasteiger partial charge in [-0.3, -0.25) is 19.2 Å². The molecule has 1 unspecified atom stereocenters. The maximum absolute atomic E-state index is 13.1. The quantitative estimate of drug-likeness (QED) is 0.171. The second-order valence-electron chi connectivity index (χ2n) is 9.34. The number of carbonyl (C=O) groups excluding carboxylic acids is 5. The lowest BCUT2D eigenvalue weighted by Gasteiger charge is -2.40. The van der Waals surface area contributed by atoms with Crippen molar-refractivity contribution in [3.05, 3.63) is 11.6 Å². The highest BCUT2D eigenvalue weighted by molar-refractivity contribution is 6.01. The maximum Gasteiger partial charge on any atom is 0.534 e. The Bertz CT molecular complexity index is 901. The van der Waals surface area contributed by atoms with Gasteiger partial charge in [-0.25, -0.2) is 9.59 Å². The number of allylic oxidation sites excluding steroid dienone is 1. The van der Waals surface area contributed by atoms with Crippen LogP contribution in [0.1, 0.15) is 53.4 Å². The Morgan fingerprint density at radius 2 is 1.77 bits per heavy atom. The highest BCUT2D eigenvalue weighted by Crippen LogP contribution is 2.21. The lowest BCUT2D eigenvalue weighted by Crippen LogP contribution is -2.58. The number of amides is 4. The van der Waals surface area contributed by atoms with Gasteiger partial charge in [0.2, 0.25) is 0 Å². The van der Waals surface area contributed by atoms with E-state index in [0.717, 1.165) is 6.42 Å². The van der Waals surface area contributed by atoms with Crippen LogP contribution in [0.2, 0.25) is 0 Å². The van der Waals surface area contributed by atoms with Crippen LogP contribution in [0.4, 0.5) is 9.59 Å². The number of imide groups is 1. The van der Waals surface area contributed by atoms with E-state index in [2.05, 4.69) is 0 Å². The van der Waals surface area contributed by atoms with Gasteiger partial charge in [-0.1, -0.05) is 45.3 Å². The van der Waals surface area contributed by atoms with E-state index in [-0.39, 0.29) is 44.7 Å². The van der Waals surface area contributed by atoms with E-state index in [1.54, 1.807) is 6.08 Å². The number of unbranched alkanes of at least 4 members (excludes halogenated alkanes) is 1. The zero-order chi connectivity index (χ0) is 26.2. The van der Waals surface area contributed by atoms with E-state index in [9.17, 15) is 29.2 Å². The molecular weight excluding hydrogens is 460 g/mol. The largest absolute Gasteiger partial charge is 0.534 e.